The summed E-state index contributed by atoms with van der Waals surface area (Å²) in [5.74, 6) is 0.752. The van der Waals surface area contributed by atoms with Gasteiger partial charge in [-0.25, -0.2) is 0 Å². The number of aromatic amines is 1. The minimum Gasteiger partial charge on any atom is -0.496 e. The summed E-state index contributed by atoms with van der Waals surface area (Å²) in [5.41, 5.74) is 2.73. The van der Waals surface area contributed by atoms with Gasteiger partial charge in [0.15, 0.2) is 0 Å². The van der Waals surface area contributed by atoms with Crippen LogP contribution in [0.2, 0.25) is 10.0 Å². The molecule has 0 radical (unpaired) electrons. The Morgan fingerprint density at radius 2 is 1.68 bits per heavy atom. The Hall–Kier alpha value is -1.64. The number of nitrogens with one attached hydrogen (secondary N) is 1. The summed E-state index contributed by atoms with van der Waals surface area (Å²) < 4.78 is 5.46. The highest BCUT2D eigenvalue weighted by Gasteiger charge is 2.16. The van der Waals surface area contributed by atoms with E-state index < -0.39 is 0 Å². The lowest BCUT2D eigenvalue weighted by atomic mass is 10.0. The largest absolute Gasteiger partial charge is 0.496 e. The second-order valence-corrected chi connectivity index (χ2v) is 4.99. The van der Waals surface area contributed by atoms with Crippen LogP contribution in [0.5, 0.6) is 5.75 Å². The Morgan fingerprint density at radius 3 is 2.37 bits per heavy atom. The molecule has 4 heteroatoms. The first kappa shape index (κ1) is 12.4. The maximum atomic E-state index is 6.31. The summed E-state index contributed by atoms with van der Waals surface area (Å²) in [6.07, 6.45) is 1.89. The Morgan fingerprint density at radius 1 is 0.947 bits per heavy atom. The van der Waals surface area contributed by atoms with Gasteiger partial charge in [0.25, 0.3) is 0 Å². The van der Waals surface area contributed by atoms with Crippen molar-refractivity contribution < 1.29 is 4.74 Å². The van der Waals surface area contributed by atoms with E-state index in [9.17, 15) is 0 Å². The van der Waals surface area contributed by atoms with Crippen LogP contribution >= 0.6 is 23.2 Å². The number of methoxy groups -OCH3 is 1. The topological polar surface area (TPSA) is 25.0 Å². The van der Waals surface area contributed by atoms with Gasteiger partial charge in [0.05, 0.1) is 17.2 Å². The van der Waals surface area contributed by atoms with Crippen molar-refractivity contribution in [3.05, 3.63) is 52.6 Å². The number of aromatic nitrogens is 1. The fourth-order valence-electron chi connectivity index (χ4n) is 2.28. The fourth-order valence-corrected chi connectivity index (χ4v) is 2.86. The van der Waals surface area contributed by atoms with Gasteiger partial charge in [-0.3, -0.25) is 0 Å². The van der Waals surface area contributed by atoms with Crippen LogP contribution in [0.1, 0.15) is 0 Å². The smallest absolute Gasteiger partial charge is 0.127 e. The Kier molecular flexibility index (Phi) is 3.13. The Balaban J connectivity index is 2.43. The Bertz CT molecular complexity index is 729. The molecule has 1 N–H and O–H groups in total. The van der Waals surface area contributed by atoms with Crippen LogP contribution in [-0.2, 0) is 0 Å². The molecule has 19 heavy (non-hydrogen) atoms. The third-order valence-electron chi connectivity index (χ3n) is 3.13. The number of rotatable bonds is 2. The molecule has 0 unspecified atom stereocenters. The molecule has 0 aliphatic carbocycles. The van der Waals surface area contributed by atoms with Gasteiger partial charge in [0.2, 0.25) is 0 Å². The van der Waals surface area contributed by atoms with Crippen molar-refractivity contribution in [1.82, 2.24) is 4.98 Å². The molecule has 0 bridgehead atoms. The maximum Gasteiger partial charge on any atom is 0.127 e. The van der Waals surface area contributed by atoms with Crippen LogP contribution in [0.3, 0.4) is 0 Å². The molecule has 0 saturated carbocycles. The number of benzene rings is 2. The van der Waals surface area contributed by atoms with Crippen molar-refractivity contribution in [2.45, 2.75) is 0 Å². The van der Waals surface area contributed by atoms with E-state index in [0.29, 0.717) is 10.0 Å². The molecule has 2 nitrogen and oxygen atoms in total. The zero-order valence-electron chi connectivity index (χ0n) is 10.2. The van der Waals surface area contributed by atoms with Gasteiger partial charge in [0.1, 0.15) is 5.75 Å². The summed E-state index contributed by atoms with van der Waals surface area (Å²) in [5, 5.41) is 2.26. The highest BCUT2D eigenvalue weighted by molar-refractivity contribution is 6.40. The first-order chi connectivity index (χ1) is 9.22. The molecular weight excluding hydrogens is 281 g/mol. The molecule has 3 rings (SSSR count). The van der Waals surface area contributed by atoms with Crippen molar-refractivity contribution >= 4 is 34.1 Å². The van der Waals surface area contributed by atoms with Crippen molar-refractivity contribution in [3.63, 3.8) is 0 Å². The van der Waals surface area contributed by atoms with E-state index in [1.807, 2.05) is 42.6 Å². The molecule has 0 aliphatic rings. The standard InChI is InChI=1S/C15H11Cl2NO/c1-19-13-6-5-12-9(7-8-18-12)14(13)15-10(16)3-2-4-11(15)17/h2-8,18H,1H3. The van der Waals surface area contributed by atoms with Gasteiger partial charge in [-0.05, 0) is 30.3 Å². The second kappa shape index (κ2) is 4.80. The quantitative estimate of drug-likeness (QED) is 0.694. The Labute approximate surface area is 120 Å². The van der Waals surface area contributed by atoms with Gasteiger partial charge in [0, 0.05) is 28.2 Å². The minimum absolute atomic E-state index is 0.611. The number of H-pyrrole nitrogens is 1. The molecule has 1 aromatic heterocycles. The van der Waals surface area contributed by atoms with Crippen LogP contribution in [0.15, 0.2) is 42.6 Å². The molecule has 0 saturated heterocycles. The van der Waals surface area contributed by atoms with E-state index in [0.717, 1.165) is 27.8 Å². The van der Waals surface area contributed by atoms with Crippen LogP contribution < -0.4 is 4.74 Å². The highest BCUT2D eigenvalue weighted by Crippen LogP contribution is 2.43. The zero-order valence-corrected chi connectivity index (χ0v) is 11.7. The lowest BCUT2D eigenvalue weighted by Gasteiger charge is -2.13. The van der Waals surface area contributed by atoms with Crippen LogP contribution in [0.4, 0.5) is 0 Å². The summed E-state index contributed by atoms with van der Waals surface area (Å²) in [6, 6.07) is 11.4. The first-order valence-electron chi connectivity index (χ1n) is 5.81. The van der Waals surface area contributed by atoms with Crippen molar-refractivity contribution in [2.75, 3.05) is 7.11 Å². The summed E-state index contributed by atoms with van der Waals surface area (Å²) >= 11 is 12.6. The third kappa shape index (κ3) is 1.97. The van der Waals surface area contributed by atoms with Crippen molar-refractivity contribution in [1.29, 1.82) is 0 Å². The van der Waals surface area contributed by atoms with Crippen LogP contribution in [0.25, 0.3) is 22.0 Å². The van der Waals surface area contributed by atoms with E-state index >= 15 is 0 Å². The number of halogens is 2. The van der Waals surface area contributed by atoms with Crippen LogP contribution in [0, 0.1) is 0 Å². The predicted molar refractivity (Wildman–Crippen MR) is 80.3 cm³/mol. The minimum atomic E-state index is 0.611. The molecule has 1 heterocycles. The zero-order chi connectivity index (χ0) is 13.4. The first-order valence-corrected chi connectivity index (χ1v) is 6.56. The monoisotopic (exact) mass is 291 g/mol. The lowest BCUT2D eigenvalue weighted by Crippen LogP contribution is -1.90. The van der Waals surface area contributed by atoms with E-state index in [-0.39, 0.29) is 0 Å². The van der Waals surface area contributed by atoms with Gasteiger partial charge in [-0.1, -0.05) is 29.3 Å². The average Bonchev–Trinajstić information content (AvgIpc) is 2.87. The van der Waals surface area contributed by atoms with Crippen LogP contribution in [-0.4, -0.2) is 12.1 Å². The van der Waals surface area contributed by atoms with Gasteiger partial charge in [-0.15, -0.1) is 0 Å². The molecular formula is C15H11Cl2NO. The summed E-state index contributed by atoms with van der Waals surface area (Å²) in [7, 11) is 1.64. The van der Waals surface area contributed by atoms with Crippen molar-refractivity contribution in [2.24, 2.45) is 0 Å². The molecule has 2 aromatic carbocycles. The third-order valence-corrected chi connectivity index (χ3v) is 3.76. The number of ether oxygens (including phenoxy) is 1. The van der Waals surface area contributed by atoms with Gasteiger partial charge < -0.3 is 9.72 Å². The van der Waals surface area contributed by atoms with Gasteiger partial charge >= 0.3 is 0 Å². The normalized spacial score (nSPS) is 10.9. The highest BCUT2D eigenvalue weighted by atomic mass is 35.5. The number of fused-ring (bicyclic) bond motifs is 1. The molecule has 0 atom stereocenters. The predicted octanol–water partition coefficient (Wildman–Crippen LogP) is 5.15. The summed E-state index contributed by atoms with van der Waals surface area (Å²) in [6.45, 7) is 0. The molecule has 3 aromatic rings. The molecule has 0 spiro atoms. The summed E-state index contributed by atoms with van der Waals surface area (Å²) in [4.78, 5) is 3.18. The lowest BCUT2D eigenvalue weighted by molar-refractivity contribution is 0.417. The number of hydrogen-bond donors (Lipinski definition) is 1. The average molecular weight is 292 g/mol. The second-order valence-electron chi connectivity index (χ2n) is 4.18. The molecule has 96 valence electrons. The van der Waals surface area contributed by atoms with Crippen molar-refractivity contribution in [3.8, 4) is 16.9 Å². The maximum absolute atomic E-state index is 6.31. The van der Waals surface area contributed by atoms with Gasteiger partial charge in [-0.2, -0.15) is 0 Å². The molecule has 0 fully saturated rings. The van der Waals surface area contributed by atoms with E-state index in [4.69, 9.17) is 27.9 Å². The van der Waals surface area contributed by atoms with E-state index in [1.165, 1.54) is 0 Å². The van der Waals surface area contributed by atoms with E-state index in [1.54, 1.807) is 7.11 Å². The van der Waals surface area contributed by atoms with E-state index in [2.05, 4.69) is 4.98 Å². The fraction of sp³-hybridized carbons (Fsp3) is 0.0667. The number of hydrogen-bond acceptors (Lipinski definition) is 1. The molecule has 0 aliphatic heterocycles. The molecule has 0 amide bonds. The SMILES string of the molecule is COc1ccc2[nH]ccc2c1-c1c(Cl)cccc1Cl.